The minimum atomic E-state index is -0.845. The zero-order chi connectivity index (χ0) is 17.5. The SMILES string of the molecule is Cc1ccc(C2(O)CC3CCCC(C2)N3C(=O)OC(C)(C)C)cc1. The van der Waals surface area contributed by atoms with E-state index < -0.39 is 11.2 Å². The van der Waals surface area contributed by atoms with Crippen LogP contribution in [0, 0.1) is 6.92 Å². The average Bonchev–Trinajstić information content (AvgIpc) is 2.44. The standard InChI is InChI=1S/C20H29NO3/c1-14-8-10-15(11-9-14)20(23)12-16-6-5-7-17(13-20)21(16)18(22)24-19(2,3)4/h8-11,16-17,23H,5-7,12-13H2,1-4H3. The summed E-state index contributed by atoms with van der Waals surface area (Å²) in [5, 5.41) is 11.3. The number of carbonyl (C=O) groups excluding carboxylic acids is 1. The number of piperidine rings is 2. The second kappa shape index (κ2) is 6.07. The Balaban J connectivity index is 1.82. The predicted molar refractivity (Wildman–Crippen MR) is 93.8 cm³/mol. The highest BCUT2D eigenvalue weighted by molar-refractivity contribution is 5.69. The lowest BCUT2D eigenvalue weighted by Gasteiger charge is -2.51. The zero-order valence-corrected chi connectivity index (χ0v) is 15.2. The number of hydrogen-bond acceptors (Lipinski definition) is 3. The molecule has 2 fully saturated rings. The lowest BCUT2D eigenvalue weighted by molar-refractivity contribution is -0.0965. The summed E-state index contributed by atoms with van der Waals surface area (Å²) in [7, 11) is 0. The van der Waals surface area contributed by atoms with Crippen molar-refractivity contribution in [2.24, 2.45) is 0 Å². The van der Waals surface area contributed by atoms with E-state index in [0.29, 0.717) is 12.8 Å². The van der Waals surface area contributed by atoms with Crippen LogP contribution in [0.2, 0.25) is 0 Å². The Morgan fingerprint density at radius 2 is 1.71 bits per heavy atom. The van der Waals surface area contributed by atoms with Crippen LogP contribution >= 0.6 is 0 Å². The number of aryl methyl sites for hydroxylation is 1. The highest BCUT2D eigenvalue weighted by Gasteiger charge is 2.49. The van der Waals surface area contributed by atoms with Crippen molar-refractivity contribution in [3.8, 4) is 0 Å². The monoisotopic (exact) mass is 331 g/mol. The summed E-state index contributed by atoms with van der Waals surface area (Å²) in [6, 6.07) is 8.24. The highest BCUT2D eigenvalue weighted by atomic mass is 16.6. The predicted octanol–water partition coefficient (Wildman–Crippen LogP) is 4.13. The average molecular weight is 331 g/mol. The second-order valence-electron chi connectivity index (χ2n) is 8.43. The Hall–Kier alpha value is -1.55. The van der Waals surface area contributed by atoms with Gasteiger partial charge in [0.05, 0.1) is 5.60 Å². The molecule has 0 saturated carbocycles. The van der Waals surface area contributed by atoms with E-state index in [4.69, 9.17) is 4.74 Å². The molecule has 0 aromatic heterocycles. The van der Waals surface area contributed by atoms with Crippen molar-refractivity contribution in [2.75, 3.05) is 0 Å². The van der Waals surface area contributed by atoms with Gasteiger partial charge in [0.25, 0.3) is 0 Å². The molecule has 1 aromatic carbocycles. The van der Waals surface area contributed by atoms with Crippen molar-refractivity contribution in [1.29, 1.82) is 0 Å². The van der Waals surface area contributed by atoms with Crippen LogP contribution in [0.3, 0.4) is 0 Å². The Morgan fingerprint density at radius 3 is 2.21 bits per heavy atom. The molecule has 2 bridgehead atoms. The van der Waals surface area contributed by atoms with Gasteiger partial charge in [-0.25, -0.2) is 4.79 Å². The normalized spacial score (nSPS) is 30.1. The number of amides is 1. The summed E-state index contributed by atoms with van der Waals surface area (Å²) >= 11 is 0. The molecule has 2 saturated heterocycles. The Morgan fingerprint density at radius 1 is 1.17 bits per heavy atom. The van der Waals surface area contributed by atoms with E-state index in [0.717, 1.165) is 24.8 Å². The minimum Gasteiger partial charge on any atom is -0.444 e. The van der Waals surface area contributed by atoms with Crippen LogP contribution in [0.25, 0.3) is 0 Å². The zero-order valence-electron chi connectivity index (χ0n) is 15.2. The van der Waals surface area contributed by atoms with Gasteiger partial charge in [0, 0.05) is 24.9 Å². The summed E-state index contributed by atoms with van der Waals surface area (Å²) in [5.41, 5.74) is 0.820. The topological polar surface area (TPSA) is 49.8 Å². The summed E-state index contributed by atoms with van der Waals surface area (Å²) in [5.74, 6) is 0. The molecule has 0 aliphatic carbocycles. The van der Waals surface area contributed by atoms with Crippen LogP contribution in [0.1, 0.15) is 64.0 Å². The molecule has 3 rings (SSSR count). The number of rotatable bonds is 1. The van der Waals surface area contributed by atoms with E-state index >= 15 is 0 Å². The maximum Gasteiger partial charge on any atom is 0.410 e. The van der Waals surface area contributed by atoms with Gasteiger partial charge in [-0.05, 0) is 52.5 Å². The summed E-state index contributed by atoms with van der Waals surface area (Å²) in [4.78, 5) is 14.5. The van der Waals surface area contributed by atoms with Gasteiger partial charge in [0.2, 0.25) is 0 Å². The lowest BCUT2D eigenvalue weighted by Crippen LogP contribution is -2.59. The number of aliphatic hydroxyl groups is 1. The lowest BCUT2D eigenvalue weighted by atomic mass is 9.72. The molecule has 2 atom stereocenters. The van der Waals surface area contributed by atoms with Crippen molar-refractivity contribution < 1.29 is 14.6 Å². The first-order valence-corrected chi connectivity index (χ1v) is 8.99. The van der Waals surface area contributed by atoms with Crippen molar-refractivity contribution in [3.05, 3.63) is 35.4 Å². The third-order valence-corrected chi connectivity index (χ3v) is 5.20. The van der Waals surface area contributed by atoms with Crippen LogP contribution in [0.15, 0.2) is 24.3 Å². The van der Waals surface area contributed by atoms with Crippen LogP contribution in [0.5, 0.6) is 0 Å². The molecule has 2 unspecified atom stereocenters. The Bertz CT molecular complexity index is 588. The van der Waals surface area contributed by atoms with Gasteiger partial charge >= 0.3 is 6.09 Å². The largest absolute Gasteiger partial charge is 0.444 e. The maximum absolute atomic E-state index is 12.6. The van der Waals surface area contributed by atoms with E-state index in [-0.39, 0.29) is 18.2 Å². The molecule has 2 heterocycles. The molecule has 4 nitrogen and oxygen atoms in total. The first-order chi connectivity index (χ1) is 11.2. The van der Waals surface area contributed by atoms with Crippen LogP contribution in [-0.2, 0) is 10.3 Å². The molecular formula is C20H29NO3. The van der Waals surface area contributed by atoms with Crippen LogP contribution in [0.4, 0.5) is 4.79 Å². The fraction of sp³-hybridized carbons (Fsp3) is 0.650. The molecule has 2 aliphatic rings. The van der Waals surface area contributed by atoms with Gasteiger partial charge in [0.15, 0.2) is 0 Å². The number of ether oxygens (including phenoxy) is 1. The van der Waals surface area contributed by atoms with Gasteiger partial charge in [-0.3, -0.25) is 0 Å². The molecule has 0 radical (unpaired) electrons. The van der Waals surface area contributed by atoms with Gasteiger partial charge in [-0.2, -0.15) is 0 Å². The Kier molecular flexibility index (Phi) is 4.37. The highest BCUT2D eigenvalue weighted by Crippen LogP contribution is 2.44. The number of hydrogen-bond donors (Lipinski definition) is 1. The van der Waals surface area contributed by atoms with Gasteiger partial charge < -0.3 is 14.7 Å². The molecule has 0 spiro atoms. The van der Waals surface area contributed by atoms with Gasteiger partial charge in [-0.1, -0.05) is 29.8 Å². The molecule has 1 aromatic rings. The van der Waals surface area contributed by atoms with Gasteiger partial charge in [-0.15, -0.1) is 0 Å². The number of fused-ring (bicyclic) bond motifs is 2. The first-order valence-electron chi connectivity index (χ1n) is 8.99. The molecule has 1 amide bonds. The third kappa shape index (κ3) is 3.44. The molecule has 132 valence electrons. The molecule has 4 heteroatoms. The smallest absolute Gasteiger partial charge is 0.410 e. The maximum atomic E-state index is 12.6. The number of benzene rings is 1. The fourth-order valence-electron chi connectivity index (χ4n) is 4.14. The fourth-order valence-corrected chi connectivity index (χ4v) is 4.14. The second-order valence-corrected chi connectivity index (χ2v) is 8.43. The van der Waals surface area contributed by atoms with Crippen molar-refractivity contribution in [1.82, 2.24) is 4.90 Å². The van der Waals surface area contributed by atoms with Gasteiger partial charge in [0.1, 0.15) is 5.60 Å². The van der Waals surface area contributed by atoms with Crippen LogP contribution < -0.4 is 0 Å². The number of nitrogens with zero attached hydrogens (tertiary/aromatic N) is 1. The number of carbonyl (C=O) groups is 1. The summed E-state index contributed by atoms with van der Waals surface area (Å²) in [6.07, 6.45) is 3.92. The van der Waals surface area contributed by atoms with E-state index in [1.165, 1.54) is 5.56 Å². The minimum absolute atomic E-state index is 0.0543. The van der Waals surface area contributed by atoms with Crippen LogP contribution in [-0.4, -0.2) is 33.8 Å². The quantitative estimate of drug-likeness (QED) is 0.841. The van der Waals surface area contributed by atoms with E-state index in [1.54, 1.807) is 0 Å². The molecular weight excluding hydrogens is 302 g/mol. The van der Waals surface area contributed by atoms with E-state index in [9.17, 15) is 9.90 Å². The van der Waals surface area contributed by atoms with E-state index in [1.807, 2.05) is 56.9 Å². The molecule has 1 N–H and O–H groups in total. The summed E-state index contributed by atoms with van der Waals surface area (Å²) < 4.78 is 5.61. The van der Waals surface area contributed by atoms with Crippen molar-refractivity contribution in [3.63, 3.8) is 0 Å². The van der Waals surface area contributed by atoms with Crippen molar-refractivity contribution >= 4 is 6.09 Å². The Labute approximate surface area is 144 Å². The first kappa shape index (κ1) is 17.3. The third-order valence-electron chi connectivity index (χ3n) is 5.20. The van der Waals surface area contributed by atoms with Crippen molar-refractivity contribution in [2.45, 2.75) is 83.1 Å². The molecule has 2 aliphatic heterocycles. The molecule has 24 heavy (non-hydrogen) atoms. The summed E-state index contributed by atoms with van der Waals surface area (Å²) in [6.45, 7) is 7.74. The van der Waals surface area contributed by atoms with E-state index in [2.05, 4.69) is 0 Å².